The van der Waals surface area contributed by atoms with Gasteiger partial charge in [-0.3, -0.25) is 5.73 Å². The molecule has 2 unspecified atom stereocenters. The number of hydrogen-bond acceptors (Lipinski definition) is 2. The number of unbranched alkanes of at least 4 members (excludes halogenated alkanes) is 18. The third-order valence-electron chi connectivity index (χ3n) is 6.57. The first-order chi connectivity index (χ1) is 14.3. The Bertz CT molecular complexity index is 378. The Hall–Kier alpha value is -0.410. The molecule has 0 saturated heterocycles. The van der Waals surface area contributed by atoms with Crippen LogP contribution in [0, 0.1) is 0 Å². The van der Waals surface area contributed by atoms with E-state index in [0.717, 1.165) is 6.54 Å². The summed E-state index contributed by atoms with van der Waals surface area (Å²) in [6.07, 6.45) is 31.5. The highest BCUT2D eigenvalue weighted by Gasteiger charge is 2.26. The van der Waals surface area contributed by atoms with Crippen molar-refractivity contribution in [2.24, 2.45) is 5.73 Å². The molecule has 0 bridgehead atoms. The lowest BCUT2D eigenvalue weighted by Gasteiger charge is -2.13. The van der Waals surface area contributed by atoms with Crippen molar-refractivity contribution in [3.8, 4) is 0 Å². The van der Waals surface area contributed by atoms with E-state index in [1.54, 1.807) is 0 Å². The van der Waals surface area contributed by atoms with Crippen molar-refractivity contribution < 1.29 is 4.58 Å². The fourth-order valence-electron chi connectivity index (χ4n) is 4.64. The number of nitrogens with two attached hydrogens (primary N) is 1. The molecule has 0 aromatic carbocycles. The molecule has 1 aliphatic heterocycles. The van der Waals surface area contributed by atoms with E-state index in [1.165, 1.54) is 128 Å². The van der Waals surface area contributed by atoms with Gasteiger partial charge < -0.3 is 0 Å². The largest absolute Gasteiger partial charge is 0.273 e. The summed E-state index contributed by atoms with van der Waals surface area (Å²) in [5.74, 6) is 0. The van der Waals surface area contributed by atoms with E-state index in [0.29, 0.717) is 6.17 Å². The summed E-state index contributed by atoms with van der Waals surface area (Å²) in [5.41, 5.74) is 6.02. The van der Waals surface area contributed by atoms with Gasteiger partial charge in [-0.2, -0.15) is 0 Å². The average Bonchev–Trinajstić information content (AvgIpc) is 3.18. The van der Waals surface area contributed by atoms with Crippen LogP contribution in [0.3, 0.4) is 0 Å². The van der Waals surface area contributed by atoms with Crippen molar-refractivity contribution in [3.63, 3.8) is 0 Å². The summed E-state index contributed by atoms with van der Waals surface area (Å²) in [6.45, 7) is 5.35. The molecule has 3 nitrogen and oxygen atoms in total. The van der Waals surface area contributed by atoms with Crippen LogP contribution in [-0.2, 0) is 0 Å². The molecular formula is C26H54N3+. The zero-order valence-electron chi connectivity index (χ0n) is 20.1. The Morgan fingerprint density at radius 3 is 1.48 bits per heavy atom. The van der Waals surface area contributed by atoms with Crippen LogP contribution < -0.4 is 11.1 Å². The van der Waals surface area contributed by atoms with Crippen LogP contribution in [-0.4, -0.2) is 29.7 Å². The molecule has 0 spiro atoms. The van der Waals surface area contributed by atoms with Gasteiger partial charge in [0.15, 0.2) is 6.21 Å². The summed E-state index contributed by atoms with van der Waals surface area (Å²) < 4.78 is 2.29. The van der Waals surface area contributed by atoms with Gasteiger partial charge in [0, 0.05) is 13.3 Å². The van der Waals surface area contributed by atoms with Crippen molar-refractivity contribution in [3.05, 3.63) is 0 Å². The van der Waals surface area contributed by atoms with Crippen LogP contribution in [0.2, 0.25) is 0 Å². The van der Waals surface area contributed by atoms with E-state index < -0.39 is 0 Å². The molecule has 1 aliphatic rings. The average molecular weight is 409 g/mol. The highest BCUT2D eigenvalue weighted by atomic mass is 15.3. The van der Waals surface area contributed by atoms with Crippen LogP contribution in [0.5, 0.6) is 0 Å². The summed E-state index contributed by atoms with van der Waals surface area (Å²) in [4.78, 5) is 0. The van der Waals surface area contributed by atoms with Gasteiger partial charge in [-0.1, -0.05) is 122 Å². The van der Waals surface area contributed by atoms with Crippen molar-refractivity contribution in [2.75, 3.05) is 6.54 Å². The molecule has 0 saturated carbocycles. The standard InChI is InChI=1S/C26H54N3/c1-3-4-5-6-7-8-9-10-11-12-13-14-15-16-17-18-19-20-21-22-26-28-23-24-29(26)25(2)27/h24-26,28H,3-23,27H2,1-2H3/q+1. The maximum Gasteiger partial charge on any atom is 0.208 e. The molecule has 29 heavy (non-hydrogen) atoms. The van der Waals surface area contributed by atoms with Gasteiger partial charge >= 0.3 is 0 Å². The minimum absolute atomic E-state index is 0.135. The predicted molar refractivity (Wildman–Crippen MR) is 130 cm³/mol. The first-order valence-corrected chi connectivity index (χ1v) is 13.4. The minimum Gasteiger partial charge on any atom is -0.273 e. The molecule has 1 rings (SSSR count). The van der Waals surface area contributed by atoms with E-state index in [9.17, 15) is 0 Å². The van der Waals surface area contributed by atoms with Crippen molar-refractivity contribution in [1.29, 1.82) is 0 Å². The molecule has 3 N–H and O–H groups in total. The summed E-state index contributed by atoms with van der Waals surface area (Å²) in [5, 5.41) is 3.54. The normalized spacial score (nSPS) is 17.6. The van der Waals surface area contributed by atoms with Crippen molar-refractivity contribution in [1.82, 2.24) is 5.32 Å². The summed E-state index contributed by atoms with van der Waals surface area (Å²) in [7, 11) is 0. The molecule has 0 fully saturated rings. The fraction of sp³-hybridized carbons (Fsp3) is 0.962. The van der Waals surface area contributed by atoms with Gasteiger partial charge in [-0.05, 0) is 6.42 Å². The van der Waals surface area contributed by atoms with Crippen LogP contribution in [0.1, 0.15) is 142 Å². The van der Waals surface area contributed by atoms with E-state index in [1.807, 2.05) is 0 Å². The second kappa shape index (κ2) is 19.5. The molecule has 0 aliphatic carbocycles. The molecule has 0 amide bonds. The fourth-order valence-corrected chi connectivity index (χ4v) is 4.64. The molecule has 3 heteroatoms. The maximum absolute atomic E-state index is 6.02. The van der Waals surface area contributed by atoms with Gasteiger partial charge in [-0.25, -0.2) is 9.89 Å². The zero-order valence-corrected chi connectivity index (χ0v) is 20.1. The van der Waals surface area contributed by atoms with Gasteiger partial charge in [0.05, 0.1) is 6.54 Å². The van der Waals surface area contributed by atoms with Gasteiger partial charge in [-0.15, -0.1) is 0 Å². The second-order valence-electron chi connectivity index (χ2n) is 9.45. The monoisotopic (exact) mass is 408 g/mol. The quantitative estimate of drug-likeness (QED) is 0.157. The molecule has 0 radical (unpaired) electrons. The SMILES string of the molecule is CCCCCCCCCCCCCCCCCCCCCC1NCC=[N+]1C(C)N. The number of hydrogen-bond donors (Lipinski definition) is 2. The lowest BCUT2D eigenvalue weighted by Crippen LogP contribution is -2.41. The number of rotatable bonds is 21. The van der Waals surface area contributed by atoms with Gasteiger partial charge in [0.1, 0.15) is 0 Å². The third kappa shape index (κ3) is 15.1. The van der Waals surface area contributed by atoms with Crippen LogP contribution in [0.4, 0.5) is 0 Å². The highest BCUT2D eigenvalue weighted by molar-refractivity contribution is 5.55. The minimum atomic E-state index is 0.135. The predicted octanol–water partition coefficient (Wildman–Crippen LogP) is 7.13. The summed E-state index contributed by atoms with van der Waals surface area (Å²) >= 11 is 0. The van der Waals surface area contributed by atoms with Gasteiger partial charge in [0.25, 0.3) is 0 Å². The Balaban J connectivity index is 1.72. The molecule has 2 atom stereocenters. The van der Waals surface area contributed by atoms with E-state index in [4.69, 9.17) is 5.73 Å². The first-order valence-electron chi connectivity index (χ1n) is 13.4. The Morgan fingerprint density at radius 1 is 0.724 bits per heavy atom. The third-order valence-corrected chi connectivity index (χ3v) is 6.57. The van der Waals surface area contributed by atoms with Crippen LogP contribution >= 0.6 is 0 Å². The molecule has 172 valence electrons. The summed E-state index contributed by atoms with van der Waals surface area (Å²) in [6, 6.07) is 0. The van der Waals surface area contributed by atoms with Crippen molar-refractivity contribution in [2.45, 2.75) is 155 Å². The molecular weight excluding hydrogens is 354 g/mol. The Kier molecular flexibility index (Phi) is 17.9. The number of nitrogens with one attached hydrogen (secondary N) is 1. The van der Waals surface area contributed by atoms with Crippen LogP contribution in [0.15, 0.2) is 0 Å². The molecule has 1 heterocycles. The first kappa shape index (κ1) is 26.6. The highest BCUT2D eigenvalue weighted by Crippen LogP contribution is 2.15. The van der Waals surface area contributed by atoms with Crippen molar-refractivity contribution >= 4 is 6.21 Å². The van der Waals surface area contributed by atoms with E-state index in [2.05, 4.69) is 30.0 Å². The lowest BCUT2D eigenvalue weighted by atomic mass is 10.0. The molecule has 0 aromatic rings. The van der Waals surface area contributed by atoms with Gasteiger partial charge in [0.2, 0.25) is 12.3 Å². The lowest BCUT2D eigenvalue weighted by molar-refractivity contribution is -0.591. The van der Waals surface area contributed by atoms with E-state index in [-0.39, 0.29) is 6.17 Å². The topological polar surface area (TPSA) is 41.1 Å². The second-order valence-corrected chi connectivity index (χ2v) is 9.45. The van der Waals surface area contributed by atoms with E-state index >= 15 is 0 Å². The Labute approximate surface area is 183 Å². The Morgan fingerprint density at radius 2 is 1.10 bits per heavy atom. The zero-order chi connectivity index (χ0) is 21.0. The smallest absolute Gasteiger partial charge is 0.208 e. The number of nitrogens with zero attached hydrogens (tertiary/aromatic N) is 1. The molecule has 0 aromatic heterocycles. The van der Waals surface area contributed by atoms with Crippen LogP contribution in [0.25, 0.3) is 0 Å². The maximum atomic E-state index is 6.02.